The molecule has 0 bridgehead atoms. The molecule has 0 aromatic heterocycles. The summed E-state index contributed by atoms with van der Waals surface area (Å²) in [6.45, 7) is 1.57. The van der Waals surface area contributed by atoms with Crippen LogP contribution in [-0.4, -0.2) is 5.12 Å². The van der Waals surface area contributed by atoms with E-state index in [-0.39, 0.29) is 5.12 Å². The van der Waals surface area contributed by atoms with Crippen LogP contribution >= 0.6 is 11.8 Å². The van der Waals surface area contributed by atoms with Gasteiger partial charge in [-0.25, -0.2) is 0 Å². The van der Waals surface area contributed by atoms with Gasteiger partial charge in [-0.3, -0.25) is 4.79 Å². The Labute approximate surface area is 105 Å². The van der Waals surface area contributed by atoms with Crippen molar-refractivity contribution in [3.63, 3.8) is 0 Å². The topological polar surface area (TPSA) is 29.1 Å². The van der Waals surface area contributed by atoms with Crippen LogP contribution in [0.15, 0.2) is 59.5 Å². The van der Waals surface area contributed by atoms with Gasteiger partial charge in [-0.05, 0) is 24.3 Å². The van der Waals surface area contributed by atoms with E-state index in [2.05, 4.69) is 5.32 Å². The lowest BCUT2D eigenvalue weighted by molar-refractivity contribution is -0.109. The number of nitrogens with one attached hydrogen (secondary N) is 1. The monoisotopic (exact) mass is 243 g/mol. The van der Waals surface area contributed by atoms with Crippen molar-refractivity contribution in [2.45, 2.75) is 11.8 Å². The van der Waals surface area contributed by atoms with Gasteiger partial charge in [-0.15, -0.1) is 0 Å². The van der Waals surface area contributed by atoms with Crippen molar-refractivity contribution in [2.75, 3.05) is 5.32 Å². The van der Waals surface area contributed by atoms with Crippen molar-refractivity contribution >= 4 is 28.3 Å². The maximum Gasteiger partial charge on any atom is 0.190 e. The quantitative estimate of drug-likeness (QED) is 0.824. The molecule has 86 valence electrons. The van der Waals surface area contributed by atoms with E-state index >= 15 is 0 Å². The van der Waals surface area contributed by atoms with Crippen LogP contribution in [0.25, 0.3) is 0 Å². The first-order chi connectivity index (χ1) is 8.25. The predicted molar refractivity (Wildman–Crippen MR) is 72.7 cm³/mol. The molecule has 2 nitrogen and oxygen atoms in total. The zero-order valence-electron chi connectivity index (χ0n) is 9.51. The molecule has 0 spiro atoms. The number of thioether (sulfide) groups is 1. The molecule has 0 amide bonds. The molecule has 1 N–H and O–H groups in total. The first-order valence-corrected chi connectivity index (χ1v) is 6.17. The molecule has 0 saturated carbocycles. The summed E-state index contributed by atoms with van der Waals surface area (Å²) in [7, 11) is 0. The molecule has 17 heavy (non-hydrogen) atoms. The molecule has 0 aliphatic carbocycles. The van der Waals surface area contributed by atoms with Crippen LogP contribution in [0, 0.1) is 0 Å². The van der Waals surface area contributed by atoms with Crippen LogP contribution in [0.5, 0.6) is 0 Å². The number of hydrogen-bond donors (Lipinski definition) is 1. The van der Waals surface area contributed by atoms with Crippen molar-refractivity contribution in [3.05, 3.63) is 54.6 Å². The zero-order valence-corrected chi connectivity index (χ0v) is 10.3. The van der Waals surface area contributed by atoms with Crippen LogP contribution < -0.4 is 5.32 Å². The Morgan fingerprint density at radius 1 is 1.00 bits per heavy atom. The molecule has 0 unspecified atom stereocenters. The highest BCUT2D eigenvalue weighted by atomic mass is 32.2. The number of carbonyl (C=O) groups is 1. The maximum atomic E-state index is 11.2. The maximum absolute atomic E-state index is 11.2. The van der Waals surface area contributed by atoms with Gasteiger partial charge in [0.1, 0.15) is 0 Å². The Kier molecular flexibility index (Phi) is 3.83. The lowest BCUT2D eigenvalue weighted by Crippen LogP contribution is -1.93. The molecule has 2 aromatic rings. The number of benzene rings is 2. The second-order valence-electron chi connectivity index (χ2n) is 3.58. The molecule has 0 fully saturated rings. The highest BCUT2D eigenvalue weighted by Gasteiger charge is 2.04. The summed E-state index contributed by atoms with van der Waals surface area (Å²) in [5.41, 5.74) is 1.98. The zero-order chi connectivity index (χ0) is 12.1. The summed E-state index contributed by atoms with van der Waals surface area (Å²) in [5.74, 6) is 0. The third-order valence-corrected chi connectivity index (χ3v) is 3.06. The smallest absolute Gasteiger partial charge is 0.190 e. The molecular weight excluding hydrogens is 230 g/mol. The Balaban J connectivity index is 2.23. The highest BCUT2D eigenvalue weighted by molar-refractivity contribution is 8.13. The van der Waals surface area contributed by atoms with Crippen molar-refractivity contribution in [3.8, 4) is 0 Å². The van der Waals surface area contributed by atoms with E-state index in [4.69, 9.17) is 0 Å². The van der Waals surface area contributed by atoms with Gasteiger partial charge in [0.05, 0.1) is 5.69 Å². The largest absolute Gasteiger partial charge is 0.355 e. The van der Waals surface area contributed by atoms with E-state index in [0.717, 1.165) is 16.3 Å². The Bertz CT molecular complexity index is 511. The minimum atomic E-state index is 0.0901. The van der Waals surface area contributed by atoms with E-state index in [9.17, 15) is 4.79 Å². The van der Waals surface area contributed by atoms with Gasteiger partial charge in [0.2, 0.25) is 0 Å². The molecule has 0 atom stereocenters. The first-order valence-electron chi connectivity index (χ1n) is 5.35. The fourth-order valence-electron chi connectivity index (χ4n) is 1.49. The molecule has 2 rings (SSSR count). The van der Waals surface area contributed by atoms with E-state index < -0.39 is 0 Å². The normalized spacial score (nSPS) is 9.94. The molecule has 0 aliphatic rings. The minimum Gasteiger partial charge on any atom is -0.355 e. The van der Waals surface area contributed by atoms with Crippen LogP contribution in [0.3, 0.4) is 0 Å². The molecule has 2 aromatic carbocycles. The summed E-state index contributed by atoms with van der Waals surface area (Å²) < 4.78 is 0. The van der Waals surface area contributed by atoms with Crippen molar-refractivity contribution < 1.29 is 4.79 Å². The van der Waals surface area contributed by atoms with Gasteiger partial charge in [-0.1, -0.05) is 42.1 Å². The number of hydrogen-bond acceptors (Lipinski definition) is 3. The van der Waals surface area contributed by atoms with Gasteiger partial charge >= 0.3 is 0 Å². The van der Waals surface area contributed by atoms with E-state index in [1.807, 2.05) is 54.6 Å². The lowest BCUT2D eigenvalue weighted by Gasteiger charge is -2.10. The van der Waals surface area contributed by atoms with Gasteiger partial charge in [-0.2, -0.15) is 0 Å². The summed E-state index contributed by atoms with van der Waals surface area (Å²) >= 11 is 1.24. The molecule has 0 radical (unpaired) electrons. The van der Waals surface area contributed by atoms with E-state index in [1.54, 1.807) is 6.92 Å². The third kappa shape index (κ3) is 3.36. The van der Waals surface area contributed by atoms with E-state index in [1.165, 1.54) is 11.8 Å². The number of para-hydroxylation sites is 2. The Morgan fingerprint density at radius 2 is 1.65 bits per heavy atom. The molecule has 3 heteroatoms. The summed E-state index contributed by atoms with van der Waals surface area (Å²) in [5, 5.41) is 3.39. The van der Waals surface area contributed by atoms with Gasteiger partial charge in [0, 0.05) is 17.5 Å². The van der Waals surface area contributed by atoms with Crippen molar-refractivity contribution in [2.24, 2.45) is 0 Å². The lowest BCUT2D eigenvalue weighted by atomic mass is 10.3. The fourth-order valence-corrected chi connectivity index (χ4v) is 2.18. The molecule has 0 aliphatic heterocycles. The Morgan fingerprint density at radius 3 is 2.35 bits per heavy atom. The second kappa shape index (κ2) is 5.55. The standard InChI is InChI=1S/C14H13NOS/c1-11(16)17-14-10-6-5-9-13(14)15-12-7-3-2-4-8-12/h2-10,15H,1H3. The highest BCUT2D eigenvalue weighted by Crippen LogP contribution is 2.29. The first kappa shape index (κ1) is 11.7. The minimum absolute atomic E-state index is 0.0901. The number of anilines is 2. The number of carbonyl (C=O) groups excluding carboxylic acids is 1. The van der Waals surface area contributed by atoms with Gasteiger partial charge < -0.3 is 5.32 Å². The van der Waals surface area contributed by atoms with Crippen LogP contribution in [0.4, 0.5) is 11.4 Å². The summed E-state index contributed by atoms with van der Waals surface area (Å²) in [6.07, 6.45) is 0. The summed E-state index contributed by atoms with van der Waals surface area (Å²) in [6, 6.07) is 17.7. The third-order valence-electron chi connectivity index (χ3n) is 2.19. The molecule has 0 heterocycles. The summed E-state index contributed by atoms with van der Waals surface area (Å²) in [4.78, 5) is 12.1. The average molecular weight is 243 g/mol. The van der Waals surface area contributed by atoms with Crippen molar-refractivity contribution in [1.29, 1.82) is 0 Å². The van der Waals surface area contributed by atoms with Crippen molar-refractivity contribution in [1.82, 2.24) is 0 Å². The average Bonchev–Trinajstić information content (AvgIpc) is 2.32. The second-order valence-corrected chi connectivity index (χ2v) is 4.80. The number of rotatable bonds is 3. The molecule has 0 saturated heterocycles. The van der Waals surface area contributed by atoms with Crippen LogP contribution in [0.1, 0.15) is 6.92 Å². The Hall–Kier alpha value is -1.74. The van der Waals surface area contributed by atoms with Crippen LogP contribution in [-0.2, 0) is 4.79 Å². The SMILES string of the molecule is CC(=O)Sc1ccccc1Nc1ccccc1. The predicted octanol–water partition coefficient (Wildman–Crippen LogP) is 4.07. The van der Waals surface area contributed by atoms with Gasteiger partial charge in [0.15, 0.2) is 5.12 Å². The van der Waals surface area contributed by atoms with Gasteiger partial charge in [0.25, 0.3) is 0 Å². The molecular formula is C14H13NOS. The van der Waals surface area contributed by atoms with E-state index in [0.29, 0.717) is 0 Å². The van der Waals surface area contributed by atoms with Crippen LogP contribution in [0.2, 0.25) is 0 Å². The fraction of sp³-hybridized carbons (Fsp3) is 0.0714.